The molecule has 0 aliphatic heterocycles. The fourth-order valence-electron chi connectivity index (χ4n) is 2.91. The minimum Gasteiger partial charge on any atom is -0.497 e. The number of hydrogen-bond donors (Lipinski definition) is 1. The predicted octanol–water partition coefficient (Wildman–Crippen LogP) is 4.16. The number of methoxy groups -OCH3 is 1. The van der Waals surface area contributed by atoms with E-state index in [4.69, 9.17) is 4.74 Å². The molecule has 0 heterocycles. The molecule has 8 heteroatoms. The van der Waals surface area contributed by atoms with Crippen molar-refractivity contribution >= 4 is 6.03 Å². The third-order valence-electron chi connectivity index (χ3n) is 4.60. The summed E-state index contributed by atoms with van der Waals surface area (Å²) < 4.78 is 43.2. The fraction of sp³-hybridized carbons (Fsp3) is 0.381. The zero-order chi connectivity index (χ0) is 21.6. The average Bonchev–Trinajstić information content (AvgIpc) is 2.67. The van der Waals surface area contributed by atoms with Gasteiger partial charge >= 0.3 is 12.2 Å². The Labute approximate surface area is 169 Å². The van der Waals surface area contributed by atoms with Crippen molar-refractivity contribution < 1.29 is 22.7 Å². The molecule has 1 unspecified atom stereocenters. The lowest BCUT2D eigenvalue weighted by molar-refractivity contribution is -0.137. The van der Waals surface area contributed by atoms with Gasteiger partial charge in [0.1, 0.15) is 5.75 Å². The highest BCUT2D eigenvalue weighted by Gasteiger charge is 2.30. The van der Waals surface area contributed by atoms with Crippen molar-refractivity contribution in [1.29, 1.82) is 0 Å². The number of hydrogen-bond acceptors (Lipinski definition) is 3. The first kappa shape index (κ1) is 22.5. The lowest BCUT2D eigenvalue weighted by Gasteiger charge is -2.27. The summed E-state index contributed by atoms with van der Waals surface area (Å²) in [7, 11) is 7.04. The number of urea groups is 1. The van der Waals surface area contributed by atoms with Crippen molar-refractivity contribution in [2.24, 2.45) is 0 Å². The van der Waals surface area contributed by atoms with Gasteiger partial charge in [0.05, 0.1) is 18.7 Å². The van der Waals surface area contributed by atoms with Crippen molar-refractivity contribution in [3.63, 3.8) is 0 Å². The molecule has 29 heavy (non-hydrogen) atoms. The van der Waals surface area contributed by atoms with Crippen molar-refractivity contribution in [1.82, 2.24) is 15.1 Å². The van der Waals surface area contributed by atoms with E-state index in [1.807, 2.05) is 43.3 Å². The molecule has 0 radical (unpaired) electrons. The Morgan fingerprint density at radius 3 is 2.31 bits per heavy atom. The van der Waals surface area contributed by atoms with Crippen molar-refractivity contribution in [2.75, 3.05) is 34.8 Å². The van der Waals surface area contributed by atoms with E-state index in [0.717, 1.165) is 23.4 Å². The van der Waals surface area contributed by atoms with Gasteiger partial charge in [-0.1, -0.05) is 24.3 Å². The Kier molecular flexibility index (Phi) is 7.50. The van der Waals surface area contributed by atoms with E-state index < -0.39 is 11.7 Å². The van der Waals surface area contributed by atoms with E-state index in [1.165, 1.54) is 17.0 Å². The summed E-state index contributed by atoms with van der Waals surface area (Å²) in [5.41, 5.74) is 0.910. The Hall–Kier alpha value is -2.74. The Morgan fingerprint density at radius 2 is 1.76 bits per heavy atom. The SMILES string of the molecule is COc1cccc(C(CNC(=O)N(C)Cc2ccc(C(F)(F)F)cc2)N(C)C)c1. The fourth-order valence-corrected chi connectivity index (χ4v) is 2.91. The standard InChI is InChI=1S/C21H26F3N3O2/c1-26(2)19(16-6-5-7-18(12-16)29-4)13-25-20(28)27(3)14-15-8-10-17(11-9-15)21(22,23)24/h5-12,19H,13-14H2,1-4H3,(H,25,28). The highest BCUT2D eigenvalue weighted by Crippen LogP contribution is 2.29. The number of likely N-dealkylation sites (N-methyl/N-ethyl adjacent to an activating group) is 1. The second-order valence-electron chi connectivity index (χ2n) is 6.99. The molecule has 0 fully saturated rings. The molecular weight excluding hydrogens is 383 g/mol. The molecule has 2 rings (SSSR count). The van der Waals surface area contributed by atoms with E-state index in [9.17, 15) is 18.0 Å². The minimum absolute atomic E-state index is 0.0616. The molecule has 0 bridgehead atoms. The second-order valence-corrected chi connectivity index (χ2v) is 6.99. The van der Waals surface area contributed by atoms with Crippen LogP contribution in [0.1, 0.15) is 22.7 Å². The molecule has 5 nitrogen and oxygen atoms in total. The van der Waals surface area contributed by atoms with Gasteiger partial charge in [-0.05, 0) is 49.5 Å². The zero-order valence-electron chi connectivity index (χ0n) is 17.0. The van der Waals surface area contributed by atoms with Gasteiger partial charge in [0.15, 0.2) is 0 Å². The lowest BCUT2D eigenvalue weighted by Crippen LogP contribution is -2.41. The third-order valence-corrected chi connectivity index (χ3v) is 4.60. The number of halogens is 3. The van der Waals surface area contributed by atoms with Crippen molar-refractivity contribution in [3.05, 3.63) is 65.2 Å². The number of alkyl halides is 3. The van der Waals surface area contributed by atoms with Crippen LogP contribution in [0.25, 0.3) is 0 Å². The van der Waals surface area contributed by atoms with Gasteiger partial charge < -0.3 is 19.9 Å². The Bertz CT molecular complexity index is 808. The molecule has 0 aliphatic carbocycles. The van der Waals surface area contributed by atoms with Gasteiger partial charge in [0, 0.05) is 20.1 Å². The smallest absolute Gasteiger partial charge is 0.416 e. The first-order valence-corrected chi connectivity index (χ1v) is 9.07. The average molecular weight is 409 g/mol. The maximum Gasteiger partial charge on any atom is 0.416 e. The first-order chi connectivity index (χ1) is 13.6. The summed E-state index contributed by atoms with van der Waals surface area (Å²) in [6.07, 6.45) is -4.37. The Balaban J connectivity index is 1.97. The number of carbonyl (C=O) groups excluding carboxylic acids is 1. The quantitative estimate of drug-likeness (QED) is 0.747. The summed E-state index contributed by atoms with van der Waals surface area (Å²) in [6, 6.07) is 12.1. The highest BCUT2D eigenvalue weighted by atomic mass is 19.4. The van der Waals surface area contributed by atoms with Crippen LogP contribution in [0.5, 0.6) is 5.75 Å². The van der Waals surface area contributed by atoms with Crippen LogP contribution in [0.2, 0.25) is 0 Å². The summed E-state index contributed by atoms with van der Waals surface area (Å²) >= 11 is 0. The molecule has 1 N–H and O–H groups in total. The third kappa shape index (κ3) is 6.39. The van der Waals surface area contributed by atoms with Gasteiger partial charge in [-0.15, -0.1) is 0 Å². The van der Waals surface area contributed by atoms with Crippen LogP contribution in [0.15, 0.2) is 48.5 Å². The van der Waals surface area contributed by atoms with Crippen LogP contribution >= 0.6 is 0 Å². The molecule has 0 aromatic heterocycles. The van der Waals surface area contributed by atoms with Crippen LogP contribution in [0.4, 0.5) is 18.0 Å². The number of ether oxygens (including phenoxy) is 1. The lowest BCUT2D eigenvalue weighted by atomic mass is 10.1. The van der Waals surface area contributed by atoms with Crippen LogP contribution < -0.4 is 10.1 Å². The van der Waals surface area contributed by atoms with E-state index in [1.54, 1.807) is 14.2 Å². The monoisotopic (exact) mass is 409 g/mol. The maximum absolute atomic E-state index is 12.7. The molecule has 0 spiro atoms. The molecule has 0 saturated carbocycles. The van der Waals surface area contributed by atoms with E-state index >= 15 is 0 Å². The van der Waals surface area contributed by atoms with Gasteiger partial charge in [0.25, 0.3) is 0 Å². The summed E-state index contributed by atoms with van der Waals surface area (Å²) in [6.45, 7) is 0.576. The summed E-state index contributed by atoms with van der Waals surface area (Å²) in [5.74, 6) is 0.736. The van der Waals surface area contributed by atoms with Gasteiger partial charge in [-0.25, -0.2) is 4.79 Å². The molecule has 2 aromatic carbocycles. The number of nitrogens with zero attached hydrogens (tertiary/aromatic N) is 2. The maximum atomic E-state index is 12.7. The molecular formula is C21H26F3N3O2. The van der Waals surface area contributed by atoms with Crippen molar-refractivity contribution in [3.8, 4) is 5.75 Å². The van der Waals surface area contributed by atoms with Gasteiger partial charge in [0.2, 0.25) is 0 Å². The predicted molar refractivity (Wildman–Crippen MR) is 106 cm³/mol. The van der Waals surface area contributed by atoms with Crippen LogP contribution in [-0.4, -0.2) is 50.6 Å². The summed E-state index contributed by atoms with van der Waals surface area (Å²) in [5, 5.41) is 2.88. The van der Waals surface area contributed by atoms with E-state index in [2.05, 4.69) is 5.32 Å². The second kappa shape index (κ2) is 9.65. The van der Waals surface area contributed by atoms with Crippen molar-refractivity contribution in [2.45, 2.75) is 18.8 Å². The molecule has 2 aromatic rings. The molecule has 158 valence electrons. The number of rotatable bonds is 7. The summed E-state index contributed by atoms with van der Waals surface area (Å²) in [4.78, 5) is 15.9. The topological polar surface area (TPSA) is 44.8 Å². The minimum atomic E-state index is -4.37. The number of amides is 2. The normalized spacial score (nSPS) is 12.6. The largest absolute Gasteiger partial charge is 0.497 e. The first-order valence-electron chi connectivity index (χ1n) is 9.07. The number of nitrogens with one attached hydrogen (secondary N) is 1. The molecule has 0 aliphatic rings. The zero-order valence-corrected chi connectivity index (χ0v) is 17.0. The molecule has 2 amide bonds. The van der Waals surface area contributed by atoms with Crippen LogP contribution in [0, 0.1) is 0 Å². The number of carbonyl (C=O) groups is 1. The van der Waals surface area contributed by atoms with E-state index in [0.29, 0.717) is 12.1 Å². The molecule has 1 atom stereocenters. The van der Waals surface area contributed by atoms with Crippen LogP contribution in [-0.2, 0) is 12.7 Å². The highest BCUT2D eigenvalue weighted by molar-refractivity contribution is 5.73. The van der Waals surface area contributed by atoms with Gasteiger partial charge in [-0.3, -0.25) is 0 Å². The van der Waals surface area contributed by atoms with E-state index in [-0.39, 0.29) is 18.6 Å². The number of benzene rings is 2. The van der Waals surface area contributed by atoms with Crippen LogP contribution in [0.3, 0.4) is 0 Å². The Morgan fingerprint density at radius 1 is 1.10 bits per heavy atom. The van der Waals surface area contributed by atoms with Gasteiger partial charge in [-0.2, -0.15) is 13.2 Å². The molecule has 0 saturated heterocycles.